The van der Waals surface area contributed by atoms with Crippen LogP contribution in [0.3, 0.4) is 0 Å². The van der Waals surface area contributed by atoms with Crippen molar-refractivity contribution in [3.8, 4) is 5.82 Å². The zero-order valence-electron chi connectivity index (χ0n) is 12.1. The highest BCUT2D eigenvalue weighted by molar-refractivity contribution is 6.30. The lowest BCUT2D eigenvalue weighted by atomic mass is 10.1. The lowest BCUT2D eigenvalue weighted by Gasteiger charge is -2.18. The third-order valence-electron chi connectivity index (χ3n) is 3.07. The van der Waals surface area contributed by atoms with E-state index in [0.717, 1.165) is 0 Å². The molecule has 0 amide bonds. The van der Waals surface area contributed by atoms with E-state index in [9.17, 15) is 9.90 Å². The summed E-state index contributed by atoms with van der Waals surface area (Å²) < 4.78 is 3.00. The van der Waals surface area contributed by atoms with Crippen molar-refractivity contribution in [1.29, 1.82) is 0 Å². The van der Waals surface area contributed by atoms with Crippen LogP contribution in [0.25, 0.3) is 16.7 Å². The molecule has 0 saturated carbocycles. The predicted molar refractivity (Wildman–Crippen MR) is 82.2 cm³/mol. The van der Waals surface area contributed by atoms with E-state index >= 15 is 0 Å². The van der Waals surface area contributed by atoms with Gasteiger partial charge < -0.3 is 5.11 Å². The minimum atomic E-state index is -1.02. The van der Waals surface area contributed by atoms with E-state index in [4.69, 9.17) is 11.6 Å². The van der Waals surface area contributed by atoms with Crippen LogP contribution in [-0.4, -0.2) is 34.8 Å². The zero-order chi connectivity index (χ0) is 15.9. The van der Waals surface area contributed by atoms with E-state index in [1.54, 1.807) is 37.1 Å². The predicted octanol–water partition coefficient (Wildman–Crippen LogP) is 1.40. The average molecular weight is 320 g/mol. The van der Waals surface area contributed by atoms with Gasteiger partial charge in [-0.2, -0.15) is 0 Å². The van der Waals surface area contributed by atoms with Crippen LogP contribution in [-0.2, 0) is 6.54 Å². The molecule has 0 aliphatic carbocycles. The molecule has 3 aromatic heterocycles. The van der Waals surface area contributed by atoms with Gasteiger partial charge in [-0.3, -0.25) is 13.9 Å². The Morgan fingerprint density at radius 2 is 2.14 bits per heavy atom. The SMILES string of the molecule is CC(C)(O)Cn1cnc2c(-n3ccnc3)nc(Cl)cc2c1=O. The van der Waals surface area contributed by atoms with Gasteiger partial charge >= 0.3 is 0 Å². The Morgan fingerprint density at radius 3 is 2.77 bits per heavy atom. The van der Waals surface area contributed by atoms with Gasteiger partial charge in [0.15, 0.2) is 5.82 Å². The Labute approximate surface area is 130 Å². The molecule has 0 radical (unpaired) electrons. The first-order chi connectivity index (χ1) is 10.3. The minimum Gasteiger partial charge on any atom is -0.389 e. The summed E-state index contributed by atoms with van der Waals surface area (Å²) in [6.07, 6.45) is 6.26. The van der Waals surface area contributed by atoms with E-state index in [2.05, 4.69) is 15.0 Å². The summed E-state index contributed by atoms with van der Waals surface area (Å²) in [5.41, 5.74) is -0.874. The van der Waals surface area contributed by atoms with Crippen molar-refractivity contribution in [2.24, 2.45) is 0 Å². The van der Waals surface area contributed by atoms with E-state index in [-0.39, 0.29) is 17.3 Å². The van der Waals surface area contributed by atoms with E-state index < -0.39 is 5.60 Å². The lowest BCUT2D eigenvalue weighted by molar-refractivity contribution is 0.0603. The van der Waals surface area contributed by atoms with Crippen molar-refractivity contribution in [2.45, 2.75) is 26.0 Å². The smallest absolute Gasteiger partial charge is 0.261 e. The molecule has 0 saturated heterocycles. The number of imidazole rings is 1. The third kappa shape index (κ3) is 2.72. The van der Waals surface area contributed by atoms with Gasteiger partial charge in [0, 0.05) is 12.4 Å². The first-order valence-electron chi connectivity index (χ1n) is 6.61. The number of halogens is 1. The normalized spacial score (nSPS) is 12.0. The maximum atomic E-state index is 12.6. The molecule has 0 aliphatic rings. The topological polar surface area (TPSA) is 85.8 Å². The molecule has 7 nitrogen and oxygen atoms in total. The van der Waals surface area contributed by atoms with Gasteiger partial charge in [-0.25, -0.2) is 15.0 Å². The van der Waals surface area contributed by atoms with Crippen LogP contribution in [0.5, 0.6) is 0 Å². The highest BCUT2D eigenvalue weighted by atomic mass is 35.5. The van der Waals surface area contributed by atoms with Crippen LogP contribution < -0.4 is 5.56 Å². The van der Waals surface area contributed by atoms with Crippen LogP contribution in [0.1, 0.15) is 13.8 Å². The molecule has 0 bridgehead atoms. The van der Waals surface area contributed by atoms with E-state index in [1.807, 2.05) is 0 Å². The van der Waals surface area contributed by atoms with E-state index in [0.29, 0.717) is 16.7 Å². The second kappa shape index (κ2) is 5.19. The van der Waals surface area contributed by atoms with Gasteiger partial charge in [0.2, 0.25) is 0 Å². The van der Waals surface area contributed by atoms with Crippen molar-refractivity contribution in [3.63, 3.8) is 0 Å². The van der Waals surface area contributed by atoms with Crippen molar-refractivity contribution >= 4 is 22.5 Å². The quantitative estimate of drug-likeness (QED) is 0.737. The van der Waals surface area contributed by atoms with E-state index in [1.165, 1.54) is 17.0 Å². The van der Waals surface area contributed by atoms with Crippen LogP contribution in [0.4, 0.5) is 0 Å². The molecule has 1 N–H and O–H groups in total. The molecular weight excluding hydrogens is 306 g/mol. The zero-order valence-corrected chi connectivity index (χ0v) is 12.8. The number of pyridine rings is 1. The fourth-order valence-electron chi connectivity index (χ4n) is 2.21. The molecule has 0 aliphatic heterocycles. The van der Waals surface area contributed by atoms with Crippen molar-refractivity contribution in [2.75, 3.05) is 0 Å². The summed E-state index contributed by atoms with van der Waals surface area (Å²) in [5, 5.41) is 10.4. The third-order valence-corrected chi connectivity index (χ3v) is 3.26. The summed E-state index contributed by atoms with van der Waals surface area (Å²) in [5.74, 6) is 0.438. The summed E-state index contributed by atoms with van der Waals surface area (Å²) in [4.78, 5) is 25.1. The van der Waals surface area contributed by atoms with Crippen LogP contribution in [0, 0.1) is 0 Å². The van der Waals surface area contributed by atoms with Gasteiger partial charge in [0.1, 0.15) is 17.0 Å². The highest BCUT2D eigenvalue weighted by Gasteiger charge is 2.17. The minimum absolute atomic E-state index is 0.134. The monoisotopic (exact) mass is 319 g/mol. The maximum Gasteiger partial charge on any atom is 0.261 e. The first-order valence-corrected chi connectivity index (χ1v) is 6.99. The number of hydrogen-bond donors (Lipinski definition) is 1. The molecule has 3 heterocycles. The largest absolute Gasteiger partial charge is 0.389 e. The van der Waals surface area contributed by atoms with Gasteiger partial charge in [-0.05, 0) is 19.9 Å². The molecule has 114 valence electrons. The number of rotatable bonds is 3. The number of nitrogens with zero attached hydrogens (tertiary/aromatic N) is 5. The first kappa shape index (κ1) is 14.7. The molecule has 0 unspecified atom stereocenters. The van der Waals surface area contributed by atoms with Crippen LogP contribution >= 0.6 is 11.6 Å². The molecular formula is C14H14ClN5O2. The number of hydrogen-bond acceptors (Lipinski definition) is 5. The molecule has 3 aromatic rings. The Hall–Kier alpha value is -2.25. The fraction of sp³-hybridized carbons (Fsp3) is 0.286. The number of fused-ring (bicyclic) bond motifs is 1. The summed E-state index contributed by atoms with van der Waals surface area (Å²) in [6, 6.07) is 1.48. The fourth-order valence-corrected chi connectivity index (χ4v) is 2.40. The summed E-state index contributed by atoms with van der Waals surface area (Å²) in [7, 11) is 0. The van der Waals surface area contributed by atoms with Gasteiger partial charge in [0.05, 0.1) is 23.9 Å². The number of aliphatic hydroxyl groups is 1. The lowest BCUT2D eigenvalue weighted by Crippen LogP contribution is -2.33. The highest BCUT2D eigenvalue weighted by Crippen LogP contribution is 2.19. The molecule has 3 rings (SSSR count). The van der Waals surface area contributed by atoms with Gasteiger partial charge in [-0.15, -0.1) is 0 Å². The van der Waals surface area contributed by atoms with Gasteiger partial charge in [-0.1, -0.05) is 11.6 Å². The summed E-state index contributed by atoms with van der Waals surface area (Å²) in [6.45, 7) is 3.38. The van der Waals surface area contributed by atoms with Crippen molar-refractivity contribution in [1.82, 2.24) is 24.1 Å². The van der Waals surface area contributed by atoms with Crippen LogP contribution in [0.15, 0.2) is 35.9 Å². The summed E-state index contributed by atoms with van der Waals surface area (Å²) >= 11 is 6.03. The molecule has 0 spiro atoms. The average Bonchev–Trinajstić information content (AvgIpc) is 2.94. The molecule has 0 fully saturated rings. The molecule has 8 heteroatoms. The second-order valence-electron chi connectivity index (χ2n) is 5.62. The van der Waals surface area contributed by atoms with Crippen LogP contribution in [0.2, 0.25) is 5.15 Å². The Balaban J connectivity index is 2.26. The van der Waals surface area contributed by atoms with Crippen molar-refractivity contribution < 1.29 is 5.11 Å². The van der Waals surface area contributed by atoms with Crippen molar-refractivity contribution in [3.05, 3.63) is 46.6 Å². The maximum absolute atomic E-state index is 12.6. The Kier molecular flexibility index (Phi) is 3.46. The standard InChI is InChI=1S/C14H14ClN5O2/c1-14(2,22)6-20-8-17-11-9(13(20)21)5-10(15)18-12(11)19-4-3-16-7-19/h3-5,7-8,22H,6H2,1-2H3. The Morgan fingerprint density at radius 1 is 1.36 bits per heavy atom. The Bertz CT molecular complexity index is 881. The molecule has 0 aromatic carbocycles. The molecule has 22 heavy (non-hydrogen) atoms. The number of aromatic nitrogens is 5. The second-order valence-corrected chi connectivity index (χ2v) is 6.01. The molecule has 0 atom stereocenters. The van der Waals surface area contributed by atoms with Gasteiger partial charge in [0.25, 0.3) is 5.56 Å².